The van der Waals surface area contributed by atoms with E-state index in [0.717, 1.165) is 6.42 Å². The van der Waals surface area contributed by atoms with E-state index in [9.17, 15) is 13.2 Å². The highest BCUT2D eigenvalue weighted by Gasteiger charge is 2.24. The Balaban J connectivity index is 3.21. The fourth-order valence-corrected chi connectivity index (χ4v) is 3.55. The summed E-state index contributed by atoms with van der Waals surface area (Å²) < 4.78 is 25.6. The number of aromatic carboxylic acids is 1. The third-order valence-corrected chi connectivity index (χ3v) is 4.71. The molecule has 0 spiro atoms. The Hall–Kier alpha value is -1.56. The van der Waals surface area contributed by atoms with E-state index in [4.69, 9.17) is 5.11 Å². The number of hydrogen-bond acceptors (Lipinski definition) is 3. The molecule has 1 aromatic carbocycles. The second-order valence-electron chi connectivity index (χ2n) is 4.16. The van der Waals surface area contributed by atoms with E-state index in [1.807, 2.05) is 6.92 Å². The summed E-state index contributed by atoms with van der Waals surface area (Å²) in [7, 11) is -3.47. The molecular formula is C13H19NO4S. The lowest BCUT2D eigenvalue weighted by molar-refractivity contribution is 0.0698. The molecule has 1 rings (SSSR count). The normalized spacial score (nSPS) is 11.3. The molecule has 0 aliphatic carbocycles. The Morgan fingerprint density at radius 1 is 1.26 bits per heavy atom. The van der Waals surface area contributed by atoms with Crippen LogP contribution in [0.1, 0.15) is 37.0 Å². The molecule has 0 saturated carbocycles. The minimum Gasteiger partial charge on any atom is -0.478 e. The highest BCUT2D eigenvalue weighted by molar-refractivity contribution is 7.92. The van der Waals surface area contributed by atoms with Gasteiger partial charge in [0.1, 0.15) is 0 Å². The van der Waals surface area contributed by atoms with E-state index in [-0.39, 0.29) is 23.5 Å². The molecule has 5 nitrogen and oxygen atoms in total. The van der Waals surface area contributed by atoms with E-state index in [0.29, 0.717) is 6.42 Å². The predicted octanol–water partition coefficient (Wildman–Crippen LogP) is 2.34. The second-order valence-corrected chi connectivity index (χ2v) is 6.17. The van der Waals surface area contributed by atoms with Crippen LogP contribution in [0.25, 0.3) is 0 Å². The van der Waals surface area contributed by atoms with Crippen molar-refractivity contribution in [2.45, 2.75) is 26.7 Å². The molecule has 0 bridgehead atoms. The van der Waals surface area contributed by atoms with Gasteiger partial charge < -0.3 is 5.11 Å². The first kappa shape index (κ1) is 15.5. The number of nitrogens with zero attached hydrogens (tertiary/aromatic N) is 1. The van der Waals surface area contributed by atoms with Gasteiger partial charge in [-0.2, -0.15) is 0 Å². The van der Waals surface area contributed by atoms with Crippen molar-refractivity contribution < 1.29 is 18.3 Å². The fraction of sp³-hybridized carbons (Fsp3) is 0.462. The molecule has 0 saturated heterocycles. The maximum Gasteiger partial charge on any atom is 0.337 e. The highest BCUT2D eigenvalue weighted by atomic mass is 32.2. The van der Waals surface area contributed by atoms with Crippen LogP contribution < -0.4 is 4.31 Å². The molecule has 1 N–H and O–H groups in total. The molecule has 0 atom stereocenters. The van der Waals surface area contributed by atoms with Gasteiger partial charge in [0.15, 0.2) is 0 Å². The Bertz CT molecular complexity index is 539. The third kappa shape index (κ3) is 3.70. The van der Waals surface area contributed by atoms with Crippen LogP contribution in [0.3, 0.4) is 0 Å². The summed E-state index contributed by atoms with van der Waals surface area (Å²) in [5.41, 5.74) is 0.234. The van der Waals surface area contributed by atoms with Gasteiger partial charge in [0.2, 0.25) is 10.0 Å². The zero-order valence-electron chi connectivity index (χ0n) is 11.2. The summed E-state index contributed by atoms with van der Waals surface area (Å²) in [5, 5.41) is 9.13. The zero-order valence-corrected chi connectivity index (χ0v) is 12.0. The minimum atomic E-state index is -3.47. The second kappa shape index (κ2) is 6.56. The van der Waals surface area contributed by atoms with Gasteiger partial charge in [0, 0.05) is 6.54 Å². The highest BCUT2D eigenvalue weighted by Crippen LogP contribution is 2.23. The number of hydrogen-bond donors (Lipinski definition) is 1. The number of carbonyl (C=O) groups is 1. The van der Waals surface area contributed by atoms with Crippen LogP contribution in [0, 0.1) is 0 Å². The average Bonchev–Trinajstić information content (AvgIpc) is 2.37. The maximum atomic E-state index is 12.2. The monoisotopic (exact) mass is 285 g/mol. The molecular weight excluding hydrogens is 266 g/mol. The molecule has 6 heteroatoms. The molecule has 0 aliphatic heterocycles. The molecule has 0 aromatic heterocycles. The fourth-order valence-electron chi connectivity index (χ4n) is 1.83. The van der Waals surface area contributed by atoms with E-state index >= 15 is 0 Å². The molecule has 19 heavy (non-hydrogen) atoms. The van der Waals surface area contributed by atoms with Crippen molar-refractivity contribution in [1.29, 1.82) is 0 Å². The molecule has 0 amide bonds. The Kier molecular flexibility index (Phi) is 5.35. The van der Waals surface area contributed by atoms with Gasteiger partial charge in [0.05, 0.1) is 17.0 Å². The van der Waals surface area contributed by atoms with Crippen LogP contribution >= 0.6 is 0 Å². The van der Waals surface area contributed by atoms with Crippen LogP contribution in [-0.4, -0.2) is 31.8 Å². The predicted molar refractivity (Wildman–Crippen MR) is 75.1 cm³/mol. The van der Waals surface area contributed by atoms with Gasteiger partial charge in [-0.15, -0.1) is 0 Å². The van der Waals surface area contributed by atoms with Gasteiger partial charge in [-0.05, 0) is 25.5 Å². The molecule has 0 aliphatic rings. The van der Waals surface area contributed by atoms with E-state index < -0.39 is 16.0 Å². The van der Waals surface area contributed by atoms with Crippen molar-refractivity contribution in [2.24, 2.45) is 0 Å². The minimum absolute atomic E-state index is 0.00410. The number of carboxylic acids is 1. The number of para-hydroxylation sites is 1. The van der Waals surface area contributed by atoms with Crippen molar-refractivity contribution in [1.82, 2.24) is 0 Å². The lowest BCUT2D eigenvalue weighted by atomic mass is 10.2. The number of rotatable bonds is 7. The Morgan fingerprint density at radius 3 is 2.42 bits per heavy atom. The number of carboxylic acid groups (broad SMARTS) is 1. The van der Waals surface area contributed by atoms with E-state index in [1.54, 1.807) is 19.1 Å². The first-order chi connectivity index (χ1) is 8.94. The summed E-state index contributed by atoms with van der Waals surface area (Å²) in [6.07, 6.45) is 1.34. The molecule has 1 aromatic rings. The lowest BCUT2D eigenvalue weighted by Crippen LogP contribution is -2.34. The maximum absolute atomic E-state index is 12.2. The summed E-state index contributed by atoms with van der Waals surface area (Å²) in [6, 6.07) is 6.16. The van der Waals surface area contributed by atoms with Gasteiger partial charge in [-0.25, -0.2) is 13.2 Å². The summed E-state index contributed by atoms with van der Waals surface area (Å²) in [6.45, 7) is 3.83. The van der Waals surface area contributed by atoms with Crippen LogP contribution in [-0.2, 0) is 10.0 Å². The summed E-state index contributed by atoms with van der Waals surface area (Å²) >= 11 is 0. The van der Waals surface area contributed by atoms with E-state index in [2.05, 4.69) is 0 Å². The smallest absolute Gasteiger partial charge is 0.337 e. The van der Waals surface area contributed by atoms with Crippen molar-refractivity contribution >= 4 is 21.7 Å². The average molecular weight is 285 g/mol. The van der Waals surface area contributed by atoms with Crippen molar-refractivity contribution in [2.75, 3.05) is 16.6 Å². The van der Waals surface area contributed by atoms with Crippen LogP contribution in [0.15, 0.2) is 24.3 Å². The Labute approximate surface area is 113 Å². The van der Waals surface area contributed by atoms with Crippen LogP contribution in [0.5, 0.6) is 0 Å². The van der Waals surface area contributed by atoms with E-state index in [1.165, 1.54) is 16.4 Å². The summed E-state index contributed by atoms with van der Waals surface area (Å²) in [4.78, 5) is 11.2. The quantitative estimate of drug-likeness (QED) is 0.834. The Morgan fingerprint density at radius 2 is 1.89 bits per heavy atom. The molecule has 0 heterocycles. The van der Waals surface area contributed by atoms with Crippen LogP contribution in [0.2, 0.25) is 0 Å². The number of anilines is 1. The first-order valence-corrected chi connectivity index (χ1v) is 7.87. The van der Waals surface area contributed by atoms with Crippen molar-refractivity contribution in [3.63, 3.8) is 0 Å². The van der Waals surface area contributed by atoms with Crippen LogP contribution in [0.4, 0.5) is 5.69 Å². The first-order valence-electron chi connectivity index (χ1n) is 6.26. The summed E-state index contributed by atoms with van der Waals surface area (Å²) in [5.74, 6) is -1.09. The molecule has 0 radical (unpaired) electrons. The topological polar surface area (TPSA) is 74.7 Å². The van der Waals surface area contributed by atoms with Gasteiger partial charge in [-0.3, -0.25) is 4.31 Å². The number of sulfonamides is 1. The SMILES string of the molecule is CCCCS(=O)(=O)N(CC)c1ccccc1C(=O)O. The zero-order chi connectivity index (χ0) is 14.5. The number of unbranched alkanes of at least 4 members (excludes halogenated alkanes) is 1. The molecule has 106 valence electrons. The number of benzene rings is 1. The lowest BCUT2D eigenvalue weighted by Gasteiger charge is -2.24. The van der Waals surface area contributed by atoms with Gasteiger partial charge in [-0.1, -0.05) is 25.5 Å². The third-order valence-electron chi connectivity index (χ3n) is 2.78. The van der Waals surface area contributed by atoms with Gasteiger partial charge in [0.25, 0.3) is 0 Å². The molecule has 0 fully saturated rings. The largest absolute Gasteiger partial charge is 0.478 e. The standard InChI is InChI=1S/C13H19NO4S/c1-3-5-10-19(17,18)14(4-2)12-9-7-6-8-11(12)13(15)16/h6-9H,3-5,10H2,1-2H3,(H,15,16). The van der Waals surface area contributed by atoms with Crippen molar-refractivity contribution in [3.8, 4) is 0 Å². The van der Waals surface area contributed by atoms with Gasteiger partial charge >= 0.3 is 5.97 Å². The van der Waals surface area contributed by atoms with Crippen molar-refractivity contribution in [3.05, 3.63) is 29.8 Å². The molecule has 0 unspecified atom stereocenters.